The van der Waals surface area contributed by atoms with Crippen molar-refractivity contribution in [2.45, 2.75) is 30.6 Å². The summed E-state index contributed by atoms with van der Waals surface area (Å²) in [6.45, 7) is -0.279. The summed E-state index contributed by atoms with van der Waals surface area (Å²) < 4.78 is 10.9. The van der Waals surface area contributed by atoms with Gasteiger partial charge in [0, 0.05) is 23.0 Å². The maximum absolute atomic E-state index is 15.3. The minimum absolute atomic E-state index is 0.00313. The van der Waals surface area contributed by atoms with Crippen molar-refractivity contribution >= 4 is 58.5 Å². The smallest absolute Gasteiger partial charge is 0.305 e. The van der Waals surface area contributed by atoms with Crippen molar-refractivity contribution in [1.82, 2.24) is 9.91 Å². The van der Waals surface area contributed by atoms with Crippen LogP contribution in [-0.2, 0) is 29.4 Å². The molecule has 1 saturated carbocycles. The number of aliphatic carboxylic acids is 1. The lowest BCUT2D eigenvalue weighted by atomic mass is 9.49. The van der Waals surface area contributed by atoms with Crippen LogP contribution in [0.4, 0.5) is 5.69 Å². The van der Waals surface area contributed by atoms with E-state index in [2.05, 4.69) is 5.43 Å². The predicted molar refractivity (Wildman–Crippen MR) is 184 cm³/mol. The quantitative estimate of drug-likeness (QED) is 0.197. The Bertz CT molecular complexity index is 2020. The van der Waals surface area contributed by atoms with E-state index < -0.39 is 71.0 Å². The van der Waals surface area contributed by atoms with Crippen molar-refractivity contribution in [3.63, 3.8) is 0 Å². The SMILES string of the molecule is COc1ccc(C23C(=O)N(Nc4ccc(Cl)cc4Cl)C(=O)C2CC2C(=CCC4C(=O)N(CCC(=O)O)C(=O)C42)C3c2cccc(OC)c2O)cc1. The number of likely N-dealkylation sites (tertiary alicyclic amines) is 1. The molecule has 2 saturated heterocycles. The average Bonchev–Trinajstić information content (AvgIpc) is 3.49. The highest BCUT2D eigenvalue weighted by Gasteiger charge is 2.70. The Morgan fingerprint density at radius 3 is 2.37 bits per heavy atom. The number of carboxylic acids is 1. The number of ether oxygens (including phenoxy) is 2. The van der Waals surface area contributed by atoms with Gasteiger partial charge in [-0.15, -0.1) is 0 Å². The van der Waals surface area contributed by atoms with E-state index in [4.69, 9.17) is 32.7 Å². The number of halogens is 2. The molecule has 4 amide bonds. The van der Waals surface area contributed by atoms with E-state index in [-0.39, 0.29) is 47.2 Å². The van der Waals surface area contributed by atoms with Gasteiger partial charge in [-0.3, -0.25) is 34.3 Å². The highest BCUT2D eigenvalue weighted by molar-refractivity contribution is 6.36. The van der Waals surface area contributed by atoms with E-state index in [1.54, 1.807) is 54.6 Å². The van der Waals surface area contributed by atoms with Crippen LogP contribution in [0.3, 0.4) is 0 Å². The number of hydrazine groups is 1. The first-order chi connectivity index (χ1) is 24.4. The number of nitrogens with one attached hydrogen (secondary N) is 1. The number of methoxy groups -OCH3 is 2. The number of hydrogen-bond acceptors (Lipinski definition) is 9. The number of phenolic OH excluding ortho intramolecular Hbond substituents is 1. The Morgan fingerprint density at radius 1 is 0.961 bits per heavy atom. The molecule has 3 aromatic rings. The van der Waals surface area contributed by atoms with Gasteiger partial charge in [0.05, 0.1) is 54.5 Å². The summed E-state index contributed by atoms with van der Waals surface area (Å²) in [5.41, 5.74) is 2.85. The number of hydrogen-bond donors (Lipinski definition) is 3. The Morgan fingerprint density at radius 2 is 1.71 bits per heavy atom. The lowest BCUT2D eigenvalue weighted by Gasteiger charge is -2.50. The van der Waals surface area contributed by atoms with Gasteiger partial charge >= 0.3 is 5.97 Å². The molecule has 12 nitrogen and oxygen atoms in total. The number of carbonyl (C=O) groups is 5. The molecular formula is C37H33Cl2N3O9. The third-order valence-corrected chi connectivity index (χ3v) is 11.3. The molecule has 6 unspecified atom stereocenters. The normalized spacial score (nSPS) is 26.7. The Hall–Kier alpha value is -5.07. The van der Waals surface area contributed by atoms with Crippen LogP contribution < -0.4 is 14.9 Å². The number of anilines is 1. The molecule has 14 heteroatoms. The lowest BCUT2D eigenvalue weighted by molar-refractivity contribution is -0.143. The fourth-order valence-corrected chi connectivity index (χ4v) is 9.07. The minimum Gasteiger partial charge on any atom is -0.504 e. The number of amides is 4. The van der Waals surface area contributed by atoms with Crippen LogP contribution in [0.2, 0.25) is 10.0 Å². The van der Waals surface area contributed by atoms with Gasteiger partial charge in [-0.1, -0.05) is 59.1 Å². The molecule has 2 heterocycles. The number of para-hydroxylation sites is 1. The summed E-state index contributed by atoms with van der Waals surface area (Å²) in [4.78, 5) is 70.1. The van der Waals surface area contributed by atoms with Gasteiger partial charge < -0.3 is 19.7 Å². The monoisotopic (exact) mass is 733 g/mol. The van der Waals surface area contributed by atoms with E-state index in [1.807, 2.05) is 6.08 Å². The van der Waals surface area contributed by atoms with Crippen molar-refractivity contribution in [2.24, 2.45) is 23.7 Å². The first-order valence-corrected chi connectivity index (χ1v) is 17.1. The molecule has 0 aromatic heterocycles. The summed E-state index contributed by atoms with van der Waals surface area (Å²) in [6.07, 6.45) is 1.57. The Balaban J connectivity index is 1.45. The third-order valence-electron chi connectivity index (χ3n) is 10.8. The minimum atomic E-state index is -1.68. The number of nitrogens with zero attached hydrogens (tertiary/aromatic N) is 2. The lowest BCUT2D eigenvalue weighted by Crippen LogP contribution is -2.53. The van der Waals surface area contributed by atoms with Crippen molar-refractivity contribution in [3.05, 3.63) is 93.5 Å². The molecule has 0 radical (unpaired) electrons. The van der Waals surface area contributed by atoms with Crippen LogP contribution in [0.15, 0.2) is 72.3 Å². The van der Waals surface area contributed by atoms with Crippen LogP contribution >= 0.6 is 23.2 Å². The van der Waals surface area contributed by atoms with Crippen LogP contribution in [0, 0.1) is 23.7 Å². The number of carbonyl (C=O) groups excluding carboxylic acids is 4. The number of benzene rings is 3. The molecule has 6 atom stereocenters. The molecule has 0 bridgehead atoms. The number of rotatable bonds is 9. The summed E-state index contributed by atoms with van der Waals surface area (Å²) in [6, 6.07) is 16.3. The third kappa shape index (κ3) is 5.22. The van der Waals surface area contributed by atoms with Crippen molar-refractivity contribution < 1.29 is 43.7 Å². The summed E-state index contributed by atoms with van der Waals surface area (Å²) in [5, 5.41) is 22.5. The van der Waals surface area contributed by atoms with Crippen LogP contribution in [0.5, 0.6) is 17.2 Å². The number of aromatic hydroxyl groups is 1. The molecule has 3 N–H and O–H groups in total. The highest BCUT2D eigenvalue weighted by atomic mass is 35.5. The van der Waals surface area contributed by atoms with Crippen molar-refractivity contribution in [1.29, 1.82) is 0 Å². The van der Waals surface area contributed by atoms with E-state index in [1.165, 1.54) is 20.3 Å². The molecule has 264 valence electrons. The van der Waals surface area contributed by atoms with Gasteiger partial charge in [0.15, 0.2) is 11.5 Å². The first kappa shape index (κ1) is 34.4. The fraction of sp³-hybridized carbons (Fsp3) is 0.324. The Labute approximate surface area is 302 Å². The second-order valence-electron chi connectivity index (χ2n) is 13.1. The molecule has 4 aliphatic rings. The highest BCUT2D eigenvalue weighted by Crippen LogP contribution is 2.65. The molecule has 3 fully saturated rings. The molecule has 7 rings (SSSR count). The van der Waals surface area contributed by atoms with E-state index in [9.17, 15) is 29.4 Å². The molecule has 51 heavy (non-hydrogen) atoms. The zero-order chi connectivity index (χ0) is 36.4. The zero-order valence-electron chi connectivity index (χ0n) is 27.5. The van der Waals surface area contributed by atoms with Gasteiger partial charge in [-0.2, -0.15) is 5.01 Å². The molecule has 0 spiro atoms. The number of fused-ring (bicyclic) bond motifs is 4. The van der Waals surface area contributed by atoms with E-state index in [0.717, 1.165) is 9.91 Å². The van der Waals surface area contributed by atoms with Gasteiger partial charge in [0.1, 0.15) is 5.75 Å². The van der Waals surface area contributed by atoms with Gasteiger partial charge in [0.2, 0.25) is 11.8 Å². The van der Waals surface area contributed by atoms with E-state index in [0.29, 0.717) is 21.9 Å². The maximum atomic E-state index is 15.3. The number of allylic oxidation sites excluding steroid dienone is 2. The number of imide groups is 2. The summed E-state index contributed by atoms with van der Waals surface area (Å²) in [5.74, 6) is -7.49. The van der Waals surface area contributed by atoms with E-state index >= 15 is 4.79 Å². The predicted octanol–water partition coefficient (Wildman–Crippen LogP) is 5.18. The zero-order valence-corrected chi connectivity index (χ0v) is 29.0. The second-order valence-corrected chi connectivity index (χ2v) is 13.9. The fourth-order valence-electron chi connectivity index (χ4n) is 8.62. The second kappa shape index (κ2) is 12.9. The Kier molecular flexibility index (Phi) is 8.71. The van der Waals surface area contributed by atoms with Crippen molar-refractivity contribution in [3.8, 4) is 17.2 Å². The average molecular weight is 735 g/mol. The van der Waals surface area contributed by atoms with Crippen LogP contribution in [0.1, 0.15) is 36.3 Å². The van der Waals surface area contributed by atoms with Crippen LogP contribution in [-0.4, -0.2) is 70.5 Å². The topological polar surface area (TPSA) is 163 Å². The molecule has 2 aliphatic heterocycles. The number of carboxylic acid groups (broad SMARTS) is 1. The van der Waals surface area contributed by atoms with Gasteiger partial charge in [-0.05, 0) is 60.7 Å². The molecule has 2 aliphatic carbocycles. The maximum Gasteiger partial charge on any atom is 0.305 e. The standard InChI is InChI=1S/C37H33Cl2N3O9/c1-50-20-9-6-18(7-10-20)37-25(34(47)42(36(37)49)40-27-13-8-19(38)16-26(27)39)17-24-21(31(37)23-4-3-5-28(51-2)32(23)45)11-12-22-30(24)35(48)41(33(22)46)15-14-29(43)44/h3-11,13,16,22,24-25,30-31,40,45H,12,14-15,17H2,1-2H3,(H,43,44). The first-order valence-electron chi connectivity index (χ1n) is 16.3. The molecular weight excluding hydrogens is 701 g/mol. The van der Waals surface area contributed by atoms with Crippen LogP contribution in [0.25, 0.3) is 0 Å². The summed E-state index contributed by atoms with van der Waals surface area (Å²) >= 11 is 12.6. The van der Waals surface area contributed by atoms with Gasteiger partial charge in [0.25, 0.3) is 11.8 Å². The number of phenols is 1. The van der Waals surface area contributed by atoms with Gasteiger partial charge in [-0.25, -0.2) is 0 Å². The van der Waals surface area contributed by atoms with Crippen molar-refractivity contribution in [2.75, 3.05) is 26.2 Å². The largest absolute Gasteiger partial charge is 0.504 e. The molecule has 3 aromatic carbocycles. The summed E-state index contributed by atoms with van der Waals surface area (Å²) in [7, 11) is 2.91.